The first-order chi connectivity index (χ1) is 9.78. The van der Waals surface area contributed by atoms with Gasteiger partial charge in [0.1, 0.15) is 11.3 Å². The number of carbonyl (C=O) groups excluding carboxylic acids is 1. The molecule has 0 amide bonds. The molecule has 0 saturated carbocycles. The van der Waals surface area contributed by atoms with E-state index in [-0.39, 0.29) is 12.0 Å². The average Bonchev–Trinajstić information content (AvgIpc) is 2.41. The van der Waals surface area contributed by atoms with Crippen LogP contribution < -0.4 is 10.1 Å². The highest BCUT2D eigenvalue weighted by molar-refractivity contribution is 5.80. The fourth-order valence-corrected chi connectivity index (χ4v) is 2.27. The number of hydrogen-bond donors (Lipinski definition) is 1. The molecule has 1 N–H and O–H groups in total. The van der Waals surface area contributed by atoms with Crippen molar-refractivity contribution in [1.29, 1.82) is 0 Å². The monoisotopic (exact) mass is 293 g/mol. The normalized spacial score (nSPS) is 13.9. The highest BCUT2D eigenvalue weighted by atomic mass is 16.5. The summed E-state index contributed by atoms with van der Waals surface area (Å²) in [5, 5.41) is 3.26. The van der Waals surface area contributed by atoms with E-state index >= 15 is 0 Å². The van der Waals surface area contributed by atoms with Crippen molar-refractivity contribution in [2.24, 2.45) is 0 Å². The maximum absolute atomic E-state index is 12.0. The minimum absolute atomic E-state index is 0.190. The van der Waals surface area contributed by atoms with Crippen molar-refractivity contribution >= 4 is 5.97 Å². The SMILES string of the molecule is COC(=O)C(C)(CCOc1ccc(C)c(C)c1)NC(C)C. The largest absolute Gasteiger partial charge is 0.493 e. The van der Waals surface area contributed by atoms with Crippen molar-refractivity contribution in [1.82, 2.24) is 5.32 Å². The molecule has 0 fully saturated rings. The summed E-state index contributed by atoms with van der Waals surface area (Å²) >= 11 is 0. The summed E-state index contributed by atoms with van der Waals surface area (Å²) in [6, 6.07) is 6.20. The Morgan fingerprint density at radius 1 is 1.29 bits per heavy atom. The third-order valence-corrected chi connectivity index (χ3v) is 3.59. The van der Waals surface area contributed by atoms with E-state index in [1.54, 1.807) is 0 Å². The van der Waals surface area contributed by atoms with Crippen molar-refractivity contribution in [2.75, 3.05) is 13.7 Å². The van der Waals surface area contributed by atoms with Crippen molar-refractivity contribution in [3.63, 3.8) is 0 Å². The lowest BCUT2D eigenvalue weighted by Gasteiger charge is -2.30. The van der Waals surface area contributed by atoms with E-state index in [4.69, 9.17) is 9.47 Å². The molecule has 0 aliphatic carbocycles. The van der Waals surface area contributed by atoms with E-state index in [0.29, 0.717) is 13.0 Å². The van der Waals surface area contributed by atoms with Gasteiger partial charge in [-0.05, 0) is 57.9 Å². The van der Waals surface area contributed by atoms with Crippen LogP contribution in [0, 0.1) is 13.8 Å². The van der Waals surface area contributed by atoms with Crippen LogP contribution in [0.1, 0.15) is 38.3 Å². The van der Waals surface area contributed by atoms with Crippen LogP contribution >= 0.6 is 0 Å². The van der Waals surface area contributed by atoms with Crippen LogP contribution in [0.25, 0.3) is 0 Å². The van der Waals surface area contributed by atoms with Crippen LogP contribution in [0.2, 0.25) is 0 Å². The van der Waals surface area contributed by atoms with Gasteiger partial charge in [-0.25, -0.2) is 0 Å². The zero-order valence-corrected chi connectivity index (χ0v) is 13.9. The third kappa shape index (κ3) is 5.05. The first-order valence-electron chi connectivity index (χ1n) is 7.34. The van der Waals surface area contributed by atoms with Gasteiger partial charge in [0, 0.05) is 12.5 Å². The molecular formula is C17H27NO3. The summed E-state index contributed by atoms with van der Waals surface area (Å²) in [6.45, 7) is 10.4. The number of carbonyl (C=O) groups is 1. The molecule has 0 bridgehead atoms. The Morgan fingerprint density at radius 2 is 1.95 bits per heavy atom. The Balaban J connectivity index is 2.64. The van der Waals surface area contributed by atoms with E-state index < -0.39 is 5.54 Å². The zero-order valence-electron chi connectivity index (χ0n) is 13.9. The maximum atomic E-state index is 12.0. The van der Waals surface area contributed by atoms with Crippen molar-refractivity contribution < 1.29 is 14.3 Å². The second-order valence-electron chi connectivity index (χ2n) is 5.97. The molecule has 1 atom stereocenters. The maximum Gasteiger partial charge on any atom is 0.325 e. The second-order valence-corrected chi connectivity index (χ2v) is 5.97. The highest BCUT2D eigenvalue weighted by Crippen LogP contribution is 2.19. The van der Waals surface area contributed by atoms with E-state index in [1.165, 1.54) is 18.2 Å². The van der Waals surface area contributed by atoms with Crippen LogP contribution in [0.3, 0.4) is 0 Å². The smallest absolute Gasteiger partial charge is 0.325 e. The third-order valence-electron chi connectivity index (χ3n) is 3.59. The van der Waals surface area contributed by atoms with Crippen molar-refractivity contribution in [3.05, 3.63) is 29.3 Å². The highest BCUT2D eigenvalue weighted by Gasteiger charge is 2.34. The number of methoxy groups -OCH3 is 1. The first kappa shape index (κ1) is 17.5. The Kier molecular flexibility index (Phi) is 6.21. The van der Waals surface area contributed by atoms with Gasteiger partial charge in [0.15, 0.2) is 0 Å². The molecule has 4 heteroatoms. The molecule has 1 unspecified atom stereocenters. The molecule has 0 aliphatic heterocycles. The Bertz CT molecular complexity index is 485. The van der Waals surface area contributed by atoms with Crippen LogP contribution in [0.5, 0.6) is 5.75 Å². The van der Waals surface area contributed by atoms with E-state index in [1.807, 2.05) is 39.0 Å². The summed E-state index contributed by atoms with van der Waals surface area (Å²) in [4.78, 5) is 12.0. The molecule has 0 aromatic heterocycles. The van der Waals surface area contributed by atoms with Crippen molar-refractivity contribution in [3.8, 4) is 5.75 Å². The van der Waals surface area contributed by atoms with Gasteiger partial charge in [0.2, 0.25) is 0 Å². The fraction of sp³-hybridized carbons (Fsp3) is 0.588. The molecule has 0 saturated heterocycles. The van der Waals surface area contributed by atoms with Crippen molar-refractivity contribution in [2.45, 2.75) is 52.6 Å². The van der Waals surface area contributed by atoms with Gasteiger partial charge < -0.3 is 9.47 Å². The topological polar surface area (TPSA) is 47.6 Å². The Labute approximate surface area is 127 Å². The van der Waals surface area contributed by atoms with Gasteiger partial charge in [0.05, 0.1) is 13.7 Å². The zero-order chi connectivity index (χ0) is 16.0. The number of hydrogen-bond acceptors (Lipinski definition) is 4. The molecule has 21 heavy (non-hydrogen) atoms. The van der Waals surface area contributed by atoms with Gasteiger partial charge in [-0.1, -0.05) is 6.07 Å². The molecule has 0 radical (unpaired) electrons. The molecule has 118 valence electrons. The number of rotatable bonds is 7. The van der Waals surface area contributed by atoms with E-state index in [9.17, 15) is 4.79 Å². The van der Waals surface area contributed by atoms with Gasteiger partial charge in [-0.15, -0.1) is 0 Å². The molecule has 0 spiro atoms. The van der Waals surface area contributed by atoms with Crippen LogP contribution in [0.15, 0.2) is 18.2 Å². The van der Waals surface area contributed by atoms with Crippen LogP contribution in [0.4, 0.5) is 0 Å². The summed E-state index contributed by atoms with van der Waals surface area (Å²) in [5.41, 5.74) is 1.70. The molecule has 1 aromatic carbocycles. The molecule has 4 nitrogen and oxygen atoms in total. The quantitative estimate of drug-likeness (QED) is 0.785. The summed E-state index contributed by atoms with van der Waals surface area (Å²) in [7, 11) is 1.41. The molecule has 0 heterocycles. The lowest BCUT2D eigenvalue weighted by molar-refractivity contribution is -0.148. The molecule has 0 aliphatic rings. The minimum atomic E-state index is -0.733. The number of esters is 1. The minimum Gasteiger partial charge on any atom is -0.493 e. The first-order valence-corrected chi connectivity index (χ1v) is 7.34. The van der Waals surface area contributed by atoms with Gasteiger partial charge in [0.25, 0.3) is 0 Å². The van der Waals surface area contributed by atoms with Gasteiger partial charge in [-0.2, -0.15) is 0 Å². The molecular weight excluding hydrogens is 266 g/mol. The summed E-state index contributed by atoms with van der Waals surface area (Å²) < 4.78 is 10.7. The Morgan fingerprint density at radius 3 is 2.48 bits per heavy atom. The Hall–Kier alpha value is -1.55. The van der Waals surface area contributed by atoms with Crippen LogP contribution in [-0.2, 0) is 9.53 Å². The molecule has 1 aromatic rings. The number of nitrogens with one attached hydrogen (secondary N) is 1. The predicted molar refractivity (Wildman–Crippen MR) is 84.7 cm³/mol. The van der Waals surface area contributed by atoms with Gasteiger partial charge >= 0.3 is 5.97 Å². The standard InChI is InChI=1S/C17H27NO3/c1-12(2)18-17(5,16(19)20-6)9-10-21-15-8-7-13(3)14(4)11-15/h7-8,11-12,18H,9-10H2,1-6H3. The second kappa shape index (κ2) is 7.46. The predicted octanol–water partition coefficient (Wildman–Crippen LogP) is 3.00. The average molecular weight is 293 g/mol. The number of benzene rings is 1. The van der Waals surface area contributed by atoms with Gasteiger partial charge in [-0.3, -0.25) is 10.1 Å². The van der Waals surface area contributed by atoms with E-state index in [0.717, 1.165) is 5.75 Å². The molecule has 1 rings (SSSR count). The fourth-order valence-electron chi connectivity index (χ4n) is 2.27. The lowest BCUT2D eigenvalue weighted by atomic mass is 9.97. The summed E-state index contributed by atoms with van der Waals surface area (Å²) in [5.74, 6) is 0.565. The number of ether oxygens (including phenoxy) is 2. The summed E-state index contributed by atoms with van der Waals surface area (Å²) in [6.07, 6.45) is 0.546. The lowest BCUT2D eigenvalue weighted by Crippen LogP contribution is -2.53. The van der Waals surface area contributed by atoms with Crippen LogP contribution in [-0.4, -0.2) is 31.3 Å². The number of aryl methyl sites for hydroxylation is 2. The van der Waals surface area contributed by atoms with E-state index in [2.05, 4.69) is 19.2 Å².